The smallest absolute Gasteiger partial charge is 0.283 e. The molecule has 2 rings (SSSR count). The standard InChI is InChI=1S/C12H16BrN3O2/c1-14-4-6-15(7-5-14)9-10-2-3-11(13)12(8-10)16(17)18/h2-3,8H,4-7,9H2,1H3. The van der Waals surface area contributed by atoms with E-state index >= 15 is 0 Å². The number of piperazine rings is 1. The van der Waals surface area contributed by atoms with Crippen LogP contribution in [0.3, 0.4) is 0 Å². The molecule has 0 amide bonds. The summed E-state index contributed by atoms with van der Waals surface area (Å²) in [5.41, 5.74) is 1.14. The molecule has 6 heteroatoms. The Morgan fingerprint density at radius 3 is 2.61 bits per heavy atom. The number of hydrogen-bond donors (Lipinski definition) is 0. The summed E-state index contributed by atoms with van der Waals surface area (Å²) < 4.78 is 0.537. The molecule has 0 aromatic heterocycles. The molecule has 1 aromatic carbocycles. The molecule has 18 heavy (non-hydrogen) atoms. The van der Waals surface area contributed by atoms with Gasteiger partial charge in [0.1, 0.15) is 0 Å². The van der Waals surface area contributed by atoms with E-state index in [1.54, 1.807) is 12.1 Å². The summed E-state index contributed by atoms with van der Waals surface area (Å²) in [4.78, 5) is 15.1. The van der Waals surface area contributed by atoms with Gasteiger partial charge >= 0.3 is 0 Å². The maximum absolute atomic E-state index is 10.9. The summed E-state index contributed by atoms with van der Waals surface area (Å²) in [6.07, 6.45) is 0. The number of hydrogen-bond acceptors (Lipinski definition) is 4. The molecule has 5 nitrogen and oxygen atoms in total. The van der Waals surface area contributed by atoms with E-state index in [1.165, 1.54) is 0 Å². The fourth-order valence-electron chi connectivity index (χ4n) is 2.06. The molecular weight excluding hydrogens is 298 g/mol. The summed E-state index contributed by atoms with van der Waals surface area (Å²) in [7, 11) is 2.11. The van der Waals surface area contributed by atoms with Gasteiger partial charge in [-0.15, -0.1) is 0 Å². The molecule has 1 aliphatic rings. The lowest BCUT2D eigenvalue weighted by Gasteiger charge is -2.32. The summed E-state index contributed by atoms with van der Waals surface area (Å²) in [5, 5.41) is 10.9. The second-order valence-corrected chi connectivity index (χ2v) is 5.48. The Morgan fingerprint density at radius 2 is 2.00 bits per heavy atom. The van der Waals surface area contributed by atoms with Crippen molar-refractivity contribution in [3.8, 4) is 0 Å². The first kappa shape index (κ1) is 13.5. The first-order valence-electron chi connectivity index (χ1n) is 5.90. The van der Waals surface area contributed by atoms with E-state index in [2.05, 4.69) is 32.8 Å². The Balaban J connectivity index is 2.05. The van der Waals surface area contributed by atoms with Crippen LogP contribution in [0.15, 0.2) is 22.7 Å². The first-order valence-corrected chi connectivity index (χ1v) is 6.69. The van der Waals surface area contributed by atoms with Gasteiger partial charge in [0.25, 0.3) is 5.69 Å². The predicted molar refractivity (Wildman–Crippen MR) is 73.6 cm³/mol. The van der Waals surface area contributed by atoms with Gasteiger partial charge in [0.15, 0.2) is 0 Å². The van der Waals surface area contributed by atoms with Gasteiger partial charge in [0, 0.05) is 38.8 Å². The monoisotopic (exact) mass is 313 g/mol. The Morgan fingerprint density at radius 1 is 1.33 bits per heavy atom. The van der Waals surface area contributed by atoms with Crippen LogP contribution >= 0.6 is 15.9 Å². The average molecular weight is 314 g/mol. The molecule has 1 heterocycles. The van der Waals surface area contributed by atoms with Crippen LogP contribution < -0.4 is 0 Å². The summed E-state index contributed by atoms with van der Waals surface area (Å²) in [5.74, 6) is 0. The summed E-state index contributed by atoms with van der Waals surface area (Å²) >= 11 is 3.20. The van der Waals surface area contributed by atoms with Crippen molar-refractivity contribution in [2.45, 2.75) is 6.54 Å². The topological polar surface area (TPSA) is 49.6 Å². The third-order valence-electron chi connectivity index (χ3n) is 3.21. The minimum atomic E-state index is -0.350. The van der Waals surface area contributed by atoms with Crippen molar-refractivity contribution in [3.63, 3.8) is 0 Å². The molecule has 1 aliphatic heterocycles. The van der Waals surface area contributed by atoms with Crippen LogP contribution in [0.4, 0.5) is 5.69 Å². The maximum Gasteiger partial charge on any atom is 0.283 e. The quantitative estimate of drug-likeness (QED) is 0.633. The highest BCUT2D eigenvalue weighted by molar-refractivity contribution is 9.10. The zero-order valence-electron chi connectivity index (χ0n) is 10.3. The average Bonchev–Trinajstić information content (AvgIpc) is 2.34. The number of nitro groups is 1. The molecule has 1 saturated heterocycles. The zero-order chi connectivity index (χ0) is 13.1. The number of likely N-dealkylation sites (N-methyl/N-ethyl adjacent to an activating group) is 1. The van der Waals surface area contributed by atoms with Crippen LogP contribution in [0.5, 0.6) is 0 Å². The molecule has 0 radical (unpaired) electrons. The second kappa shape index (κ2) is 5.77. The van der Waals surface area contributed by atoms with E-state index in [1.807, 2.05) is 6.07 Å². The molecule has 0 unspecified atom stereocenters. The summed E-state index contributed by atoms with van der Waals surface area (Å²) in [6.45, 7) is 4.92. The Kier molecular flexibility index (Phi) is 4.31. The minimum absolute atomic E-state index is 0.140. The lowest BCUT2D eigenvalue weighted by molar-refractivity contribution is -0.385. The lowest BCUT2D eigenvalue weighted by atomic mass is 10.2. The molecule has 1 aromatic rings. The normalized spacial score (nSPS) is 17.9. The first-order chi connectivity index (χ1) is 8.56. The molecule has 98 valence electrons. The SMILES string of the molecule is CN1CCN(Cc2ccc(Br)c([N+](=O)[O-])c2)CC1. The third kappa shape index (κ3) is 3.28. The van der Waals surface area contributed by atoms with Gasteiger partial charge in [-0.1, -0.05) is 6.07 Å². The number of nitro benzene ring substituents is 1. The number of halogens is 1. The van der Waals surface area contributed by atoms with Gasteiger partial charge in [0.2, 0.25) is 0 Å². The highest BCUT2D eigenvalue weighted by Crippen LogP contribution is 2.26. The van der Waals surface area contributed by atoms with Crippen LogP contribution in [-0.4, -0.2) is 47.9 Å². The fourth-order valence-corrected chi connectivity index (χ4v) is 2.45. The molecule has 0 spiro atoms. The maximum atomic E-state index is 10.9. The highest BCUT2D eigenvalue weighted by Gasteiger charge is 2.16. The molecule has 0 bridgehead atoms. The Hall–Kier alpha value is -0.980. The zero-order valence-corrected chi connectivity index (χ0v) is 11.9. The van der Waals surface area contributed by atoms with Gasteiger partial charge in [-0.25, -0.2) is 0 Å². The van der Waals surface area contributed by atoms with E-state index in [-0.39, 0.29) is 10.6 Å². The van der Waals surface area contributed by atoms with Crippen molar-refractivity contribution in [1.29, 1.82) is 0 Å². The minimum Gasteiger partial charge on any atom is -0.304 e. The molecule has 1 fully saturated rings. The van der Waals surface area contributed by atoms with Crippen molar-refractivity contribution < 1.29 is 4.92 Å². The Bertz CT molecular complexity index is 445. The van der Waals surface area contributed by atoms with Crippen molar-refractivity contribution in [2.75, 3.05) is 33.2 Å². The number of benzene rings is 1. The van der Waals surface area contributed by atoms with Crippen LogP contribution in [0.2, 0.25) is 0 Å². The molecule has 0 N–H and O–H groups in total. The fraction of sp³-hybridized carbons (Fsp3) is 0.500. The van der Waals surface area contributed by atoms with E-state index in [9.17, 15) is 10.1 Å². The molecular formula is C12H16BrN3O2. The van der Waals surface area contributed by atoms with Gasteiger partial charge in [0.05, 0.1) is 9.40 Å². The van der Waals surface area contributed by atoms with E-state index < -0.39 is 0 Å². The van der Waals surface area contributed by atoms with Crippen molar-refractivity contribution >= 4 is 21.6 Å². The predicted octanol–water partition coefficient (Wildman–Crippen LogP) is 2.10. The lowest BCUT2D eigenvalue weighted by Crippen LogP contribution is -2.43. The van der Waals surface area contributed by atoms with Gasteiger partial charge in [-0.3, -0.25) is 15.0 Å². The van der Waals surface area contributed by atoms with Crippen LogP contribution in [0, 0.1) is 10.1 Å². The molecule has 0 atom stereocenters. The van der Waals surface area contributed by atoms with Gasteiger partial charge < -0.3 is 4.90 Å². The van der Waals surface area contributed by atoms with Gasteiger partial charge in [-0.05, 0) is 34.6 Å². The van der Waals surface area contributed by atoms with Crippen LogP contribution in [-0.2, 0) is 6.54 Å². The van der Waals surface area contributed by atoms with Crippen molar-refractivity contribution in [2.24, 2.45) is 0 Å². The van der Waals surface area contributed by atoms with E-state index in [0.717, 1.165) is 38.3 Å². The van der Waals surface area contributed by atoms with Crippen LogP contribution in [0.25, 0.3) is 0 Å². The Labute approximate surface area is 115 Å². The third-order valence-corrected chi connectivity index (χ3v) is 3.88. The molecule has 0 saturated carbocycles. The van der Waals surface area contributed by atoms with Gasteiger partial charge in [-0.2, -0.15) is 0 Å². The summed E-state index contributed by atoms with van der Waals surface area (Å²) in [6, 6.07) is 5.35. The highest BCUT2D eigenvalue weighted by atomic mass is 79.9. The van der Waals surface area contributed by atoms with E-state index in [0.29, 0.717) is 4.47 Å². The number of nitrogens with zero attached hydrogens (tertiary/aromatic N) is 3. The van der Waals surface area contributed by atoms with Crippen molar-refractivity contribution in [3.05, 3.63) is 38.3 Å². The van der Waals surface area contributed by atoms with Crippen molar-refractivity contribution in [1.82, 2.24) is 9.80 Å². The van der Waals surface area contributed by atoms with E-state index in [4.69, 9.17) is 0 Å². The second-order valence-electron chi connectivity index (χ2n) is 4.62. The molecule has 0 aliphatic carbocycles. The van der Waals surface area contributed by atoms with Crippen LogP contribution in [0.1, 0.15) is 5.56 Å². The largest absolute Gasteiger partial charge is 0.304 e. The number of rotatable bonds is 3.